The summed E-state index contributed by atoms with van der Waals surface area (Å²) in [6, 6.07) is 9.32. The summed E-state index contributed by atoms with van der Waals surface area (Å²) in [4.78, 5) is 26.5. The van der Waals surface area contributed by atoms with Crippen LogP contribution in [0.3, 0.4) is 0 Å². The Morgan fingerprint density at radius 3 is 2.67 bits per heavy atom. The molecule has 4 heterocycles. The highest BCUT2D eigenvalue weighted by Crippen LogP contribution is 2.32. The van der Waals surface area contributed by atoms with Crippen LogP contribution in [0, 0.1) is 6.92 Å². The predicted octanol–water partition coefficient (Wildman–Crippen LogP) is 5.16. The van der Waals surface area contributed by atoms with Crippen molar-refractivity contribution in [3.63, 3.8) is 0 Å². The molecule has 1 atom stereocenters. The Kier molecular flexibility index (Phi) is 6.09. The molecule has 0 fully saturated rings. The number of ether oxygens (including phenoxy) is 1. The molecule has 1 aromatic carbocycles. The van der Waals surface area contributed by atoms with E-state index in [0.717, 1.165) is 51.3 Å². The number of benzene rings is 1. The number of esters is 1. The standard InChI is InChI=1S/C26H26ClN7O2/c1-6-22-31-23-16(15(3)28-19-7-8-21(27)30-24(19)26(35)36-5)11-14(2)12-17(23)25-29-20(13-34(22)25)18-9-10-33(4)32-18/h7-13,15,28H,6H2,1-5H3/t15-/m1/s1. The summed E-state index contributed by atoms with van der Waals surface area (Å²) in [5.41, 5.74) is 6.01. The summed E-state index contributed by atoms with van der Waals surface area (Å²) >= 11 is 6.04. The monoisotopic (exact) mass is 503 g/mol. The number of fused-ring (bicyclic) bond motifs is 3. The van der Waals surface area contributed by atoms with Crippen molar-refractivity contribution in [2.75, 3.05) is 12.4 Å². The van der Waals surface area contributed by atoms with E-state index >= 15 is 0 Å². The summed E-state index contributed by atoms with van der Waals surface area (Å²) in [6.07, 6.45) is 4.63. The maximum absolute atomic E-state index is 12.3. The normalized spacial score (nSPS) is 12.3. The third kappa shape index (κ3) is 4.15. The lowest BCUT2D eigenvalue weighted by Crippen LogP contribution is -2.14. The molecule has 5 rings (SSSR count). The molecule has 0 radical (unpaired) electrons. The number of hydrogen-bond acceptors (Lipinski definition) is 7. The highest BCUT2D eigenvalue weighted by molar-refractivity contribution is 6.29. The van der Waals surface area contributed by atoms with Gasteiger partial charge in [0.05, 0.1) is 24.4 Å². The first-order valence-electron chi connectivity index (χ1n) is 11.6. The zero-order valence-electron chi connectivity index (χ0n) is 20.7. The second-order valence-corrected chi connectivity index (χ2v) is 9.10. The van der Waals surface area contributed by atoms with Crippen LogP contribution in [-0.2, 0) is 18.2 Å². The summed E-state index contributed by atoms with van der Waals surface area (Å²) in [5, 5.41) is 9.08. The predicted molar refractivity (Wildman–Crippen MR) is 139 cm³/mol. The molecular weight excluding hydrogens is 478 g/mol. The van der Waals surface area contributed by atoms with E-state index in [9.17, 15) is 4.79 Å². The number of nitrogens with zero attached hydrogens (tertiary/aromatic N) is 6. The van der Waals surface area contributed by atoms with Gasteiger partial charge in [0.1, 0.15) is 28.0 Å². The van der Waals surface area contributed by atoms with E-state index in [2.05, 4.69) is 34.5 Å². The average molecular weight is 504 g/mol. The molecule has 0 saturated carbocycles. The molecule has 0 aliphatic heterocycles. The number of aromatic nitrogens is 6. The Balaban J connectivity index is 1.66. The molecule has 9 nitrogen and oxygen atoms in total. The fourth-order valence-corrected chi connectivity index (χ4v) is 4.57. The first kappa shape index (κ1) is 23.7. The summed E-state index contributed by atoms with van der Waals surface area (Å²) in [5.74, 6) is 0.335. The molecule has 4 aromatic heterocycles. The quantitative estimate of drug-likeness (QED) is 0.252. The number of aryl methyl sites for hydroxylation is 3. The Morgan fingerprint density at radius 1 is 1.17 bits per heavy atom. The molecular formula is C26H26ClN7O2. The highest BCUT2D eigenvalue weighted by Gasteiger charge is 2.21. The highest BCUT2D eigenvalue weighted by atomic mass is 35.5. The second-order valence-electron chi connectivity index (χ2n) is 8.71. The second kappa shape index (κ2) is 9.23. The van der Waals surface area contributed by atoms with Gasteiger partial charge in [-0.1, -0.05) is 24.6 Å². The third-order valence-corrected chi connectivity index (χ3v) is 6.33. The van der Waals surface area contributed by atoms with Crippen molar-refractivity contribution in [3.8, 4) is 11.4 Å². The fourth-order valence-electron chi connectivity index (χ4n) is 4.42. The van der Waals surface area contributed by atoms with Crippen LogP contribution in [0.25, 0.3) is 27.9 Å². The van der Waals surface area contributed by atoms with E-state index in [1.165, 1.54) is 7.11 Å². The number of carbonyl (C=O) groups is 1. The number of carbonyl (C=O) groups excluding carboxylic acids is 1. The lowest BCUT2D eigenvalue weighted by molar-refractivity contribution is 0.0595. The molecule has 0 amide bonds. The Bertz CT molecular complexity index is 1620. The number of anilines is 1. The average Bonchev–Trinajstić information content (AvgIpc) is 3.50. The number of rotatable bonds is 6. The summed E-state index contributed by atoms with van der Waals surface area (Å²) < 4.78 is 8.71. The van der Waals surface area contributed by atoms with Gasteiger partial charge in [0.2, 0.25) is 0 Å². The Morgan fingerprint density at radius 2 is 1.97 bits per heavy atom. The molecule has 0 aliphatic rings. The van der Waals surface area contributed by atoms with Crippen LogP contribution in [0.5, 0.6) is 0 Å². The van der Waals surface area contributed by atoms with Crippen LogP contribution in [0.15, 0.2) is 42.7 Å². The maximum atomic E-state index is 12.3. The minimum atomic E-state index is -0.561. The van der Waals surface area contributed by atoms with Gasteiger partial charge in [-0.15, -0.1) is 0 Å². The van der Waals surface area contributed by atoms with Crippen LogP contribution < -0.4 is 5.32 Å². The molecule has 5 aromatic rings. The van der Waals surface area contributed by atoms with Gasteiger partial charge in [-0.2, -0.15) is 5.10 Å². The molecule has 1 N–H and O–H groups in total. The van der Waals surface area contributed by atoms with Crippen LogP contribution in [0.4, 0.5) is 5.69 Å². The first-order valence-corrected chi connectivity index (χ1v) is 12.0. The number of imidazole rings is 1. The smallest absolute Gasteiger partial charge is 0.358 e. The van der Waals surface area contributed by atoms with Crippen LogP contribution in [0.2, 0.25) is 5.15 Å². The van der Waals surface area contributed by atoms with Crippen molar-refractivity contribution in [2.45, 2.75) is 33.2 Å². The van der Waals surface area contributed by atoms with Gasteiger partial charge in [0.25, 0.3) is 0 Å². The molecule has 36 heavy (non-hydrogen) atoms. The molecule has 184 valence electrons. The van der Waals surface area contributed by atoms with Crippen molar-refractivity contribution >= 4 is 39.8 Å². The van der Waals surface area contributed by atoms with Gasteiger partial charge in [-0.05, 0) is 43.7 Å². The minimum absolute atomic E-state index is 0.131. The Labute approximate surface area is 213 Å². The zero-order chi connectivity index (χ0) is 25.6. The summed E-state index contributed by atoms with van der Waals surface area (Å²) in [7, 11) is 3.21. The van der Waals surface area contributed by atoms with Crippen molar-refractivity contribution in [2.24, 2.45) is 7.05 Å². The van der Waals surface area contributed by atoms with Crippen molar-refractivity contribution in [1.29, 1.82) is 0 Å². The van der Waals surface area contributed by atoms with Crippen LogP contribution in [-0.4, -0.2) is 42.2 Å². The molecule has 0 unspecified atom stereocenters. The van der Waals surface area contributed by atoms with Gasteiger partial charge in [-0.3, -0.25) is 9.08 Å². The van der Waals surface area contributed by atoms with E-state index < -0.39 is 5.97 Å². The van der Waals surface area contributed by atoms with Crippen molar-refractivity contribution in [3.05, 3.63) is 70.5 Å². The third-order valence-electron chi connectivity index (χ3n) is 6.12. The lowest BCUT2D eigenvalue weighted by atomic mass is 10.0. The van der Waals surface area contributed by atoms with E-state index in [1.807, 2.05) is 43.8 Å². The topological polar surface area (TPSA) is 99.2 Å². The number of methoxy groups -OCH3 is 1. The van der Waals surface area contributed by atoms with Crippen molar-refractivity contribution < 1.29 is 9.53 Å². The molecule has 0 bridgehead atoms. The zero-order valence-corrected chi connectivity index (χ0v) is 21.5. The SMILES string of the molecule is CCc1nc2c([C@@H](C)Nc3ccc(Cl)nc3C(=O)OC)cc(C)cc2c2nc(-c3ccn(C)n3)cn12. The van der Waals surface area contributed by atoms with Gasteiger partial charge in [0.15, 0.2) is 5.69 Å². The number of nitrogens with one attached hydrogen (secondary N) is 1. The van der Waals surface area contributed by atoms with E-state index in [4.69, 9.17) is 26.3 Å². The largest absolute Gasteiger partial charge is 0.464 e. The van der Waals surface area contributed by atoms with E-state index in [1.54, 1.807) is 16.8 Å². The molecule has 0 spiro atoms. The summed E-state index contributed by atoms with van der Waals surface area (Å²) in [6.45, 7) is 6.14. The van der Waals surface area contributed by atoms with Gasteiger partial charge >= 0.3 is 5.97 Å². The fraction of sp³-hybridized carbons (Fsp3) is 0.269. The maximum Gasteiger partial charge on any atom is 0.358 e. The van der Waals surface area contributed by atoms with Gasteiger partial charge in [-0.25, -0.2) is 19.7 Å². The van der Waals surface area contributed by atoms with Crippen molar-refractivity contribution in [1.82, 2.24) is 29.1 Å². The van der Waals surface area contributed by atoms with Crippen LogP contribution >= 0.6 is 11.6 Å². The molecule has 10 heteroatoms. The van der Waals surface area contributed by atoms with Gasteiger partial charge in [0, 0.05) is 36.8 Å². The first-order chi connectivity index (χ1) is 17.3. The molecule has 0 aliphatic carbocycles. The minimum Gasteiger partial charge on any atom is -0.464 e. The lowest BCUT2D eigenvalue weighted by Gasteiger charge is -2.20. The number of pyridine rings is 1. The molecule has 0 saturated heterocycles. The number of hydrogen-bond donors (Lipinski definition) is 1. The van der Waals surface area contributed by atoms with Crippen LogP contribution in [0.1, 0.15) is 47.3 Å². The van der Waals surface area contributed by atoms with Gasteiger partial charge < -0.3 is 10.1 Å². The van der Waals surface area contributed by atoms with E-state index in [-0.39, 0.29) is 16.9 Å². The van der Waals surface area contributed by atoms with E-state index in [0.29, 0.717) is 5.69 Å². The Hall–Kier alpha value is -3.98. The number of halogens is 1.